The van der Waals surface area contributed by atoms with Gasteiger partial charge in [-0.15, -0.1) is 0 Å². The van der Waals surface area contributed by atoms with E-state index in [9.17, 15) is 14.7 Å². The Balaban J connectivity index is 1.49. The van der Waals surface area contributed by atoms with Crippen molar-refractivity contribution in [3.05, 3.63) is 35.4 Å². The third-order valence-electron chi connectivity index (χ3n) is 6.40. The number of rotatable bonds is 4. The first-order chi connectivity index (χ1) is 13.8. The number of hydrogen-bond acceptors (Lipinski definition) is 6. The average Bonchev–Trinajstić information content (AvgIpc) is 3.04. The molecule has 4 rings (SSSR count). The van der Waals surface area contributed by atoms with Crippen molar-refractivity contribution >= 4 is 11.9 Å². The van der Waals surface area contributed by atoms with Gasteiger partial charge in [0.05, 0.1) is 24.3 Å². The van der Waals surface area contributed by atoms with E-state index in [0.717, 1.165) is 26.1 Å². The highest BCUT2D eigenvalue weighted by atomic mass is 16.5. The zero-order valence-electron chi connectivity index (χ0n) is 17.5. The summed E-state index contributed by atoms with van der Waals surface area (Å²) >= 11 is 0. The van der Waals surface area contributed by atoms with Crippen LogP contribution in [0.25, 0.3) is 0 Å². The molecule has 1 N–H and O–H groups in total. The van der Waals surface area contributed by atoms with Crippen LogP contribution in [0.1, 0.15) is 41.0 Å². The van der Waals surface area contributed by atoms with Gasteiger partial charge in [-0.25, -0.2) is 4.79 Å². The summed E-state index contributed by atoms with van der Waals surface area (Å²) in [6, 6.07) is 7.08. The van der Waals surface area contributed by atoms with Gasteiger partial charge < -0.3 is 14.7 Å². The van der Waals surface area contributed by atoms with E-state index >= 15 is 0 Å². The van der Waals surface area contributed by atoms with E-state index in [0.29, 0.717) is 42.7 Å². The Morgan fingerprint density at radius 2 is 1.93 bits per heavy atom. The lowest BCUT2D eigenvalue weighted by molar-refractivity contribution is -0.102. The molecule has 3 aliphatic rings. The van der Waals surface area contributed by atoms with Crippen molar-refractivity contribution in [3.63, 3.8) is 0 Å². The normalized spacial score (nSPS) is 26.4. The van der Waals surface area contributed by atoms with E-state index in [2.05, 4.69) is 23.6 Å². The number of amides is 1. The summed E-state index contributed by atoms with van der Waals surface area (Å²) in [6.07, 6.45) is 0.531. The van der Waals surface area contributed by atoms with E-state index in [1.165, 1.54) is 7.11 Å². The van der Waals surface area contributed by atoms with Gasteiger partial charge in [-0.3, -0.25) is 14.6 Å². The highest BCUT2D eigenvalue weighted by Gasteiger charge is 2.57. The lowest BCUT2D eigenvalue weighted by Crippen LogP contribution is -2.78. The molecule has 3 aliphatic heterocycles. The van der Waals surface area contributed by atoms with Gasteiger partial charge in [-0.2, -0.15) is 0 Å². The summed E-state index contributed by atoms with van der Waals surface area (Å²) in [6.45, 7) is 9.43. The molecule has 0 bridgehead atoms. The highest BCUT2D eigenvalue weighted by Crippen LogP contribution is 2.39. The molecule has 3 heterocycles. The fourth-order valence-electron chi connectivity index (χ4n) is 5.34. The average molecular weight is 402 g/mol. The lowest BCUT2D eigenvalue weighted by Gasteiger charge is -2.61. The number of benzene rings is 1. The molecule has 29 heavy (non-hydrogen) atoms. The third kappa shape index (κ3) is 3.79. The van der Waals surface area contributed by atoms with Crippen LogP contribution in [0.4, 0.5) is 0 Å². The second kappa shape index (κ2) is 7.70. The Labute approximate surface area is 172 Å². The number of methoxy groups -OCH3 is 1. The van der Waals surface area contributed by atoms with Crippen molar-refractivity contribution in [2.75, 3.05) is 46.4 Å². The van der Waals surface area contributed by atoms with Crippen molar-refractivity contribution in [1.82, 2.24) is 14.7 Å². The first-order valence-corrected chi connectivity index (χ1v) is 10.5. The molecular weight excluding hydrogens is 370 g/mol. The minimum absolute atomic E-state index is 0.0568. The number of ether oxygens (including phenoxy) is 1. The Bertz CT molecular complexity index is 790. The largest absolute Gasteiger partial charge is 0.465 e. The number of carbonyl (C=O) groups is 2. The van der Waals surface area contributed by atoms with Crippen LogP contribution < -0.4 is 0 Å². The number of carbonyl (C=O) groups excluding carboxylic acids is 2. The van der Waals surface area contributed by atoms with E-state index in [4.69, 9.17) is 4.74 Å². The number of nitrogens with zero attached hydrogens (tertiary/aromatic N) is 3. The topological polar surface area (TPSA) is 73.3 Å². The molecule has 1 amide bonds. The fraction of sp³-hybridized carbons (Fsp3) is 0.636. The minimum Gasteiger partial charge on any atom is -0.465 e. The van der Waals surface area contributed by atoms with Crippen LogP contribution in [0.3, 0.4) is 0 Å². The number of likely N-dealkylation sites (tertiary alicyclic amines) is 1. The fourth-order valence-corrected chi connectivity index (χ4v) is 5.34. The Kier molecular flexibility index (Phi) is 5.40. The molecule has 0 unspecified atom stereocenters. The Hall–Kier alpha value is -1.96. The monoisotopic (exact) mass is 401 g/mol. The summed E-state index contributed by atoms with van der Waals surface area (Å²) in [4.78, 5) is 31.6. The molecule has 7 nitrogen and oxygen atoms in total. The maximum atomic E-state index is 13.0. The van der Waals surface area contributed by atoms with Gasteiger partial charge in [0.15, 0.2) is 0 Å². The van der Waals surface area contributed by atoms with Crippen LogP contribution in [-0.4, -0.2) is 95.7 Å². The molecule has 0 radical (unpaired) electrons. The second-order valence-electron chi connectivity index (χ2n) is 9.24. The third-order valence-corrected chi connectivity index (χ3v) is 6.40. The zero-order valence-corrected chi connectivity index (χ0v) is 17.5. The van der Waals surface area contributed by atoms with E-state index in [-0.39, 0.29) is 17.6 Å². The summed E-state index contributed by atoms with van der Waals surface area (Å²) < 4.78 is 4.76. The van der Waals surface area contributed by atoms with Crippen molar-refractivity contribution in [1.29, 1.82) is 0 Å². The van der Waals surface area contributed by atoms with Crippen LogP contribution in [0, 0.1) is 5.92 Å². The smallest absolute Gasteiger partial charge is 0.337 e. The number of fused-ring (bicyclic) bond motifs is 2. The molecule has 1 spiro atoms. The first-order valence-electron chi connectivity index (χ1n) is 10.5. The number of aliphatic hydroxyl groups is 1. The van der Waals surface area contributed by atoms with E-state index in [1.54, 1.807) is 24.3 Å². The zero-order chi connectivity index (χ0) is 20.8. The summed E-state index contributed by atoms with van der Waals surface area (Å²) in [5, 5.41) is 10.3. The Morgan fingerprint density at radius 3 is 2.62 bits per heavy atom. The molecule has 158 valence electrons. The van der Waals surface area contributed by atoms with Crippen molar-refractivity contribution in [2.24, 2.45) is 5.92 Å². The molecular formula is C22H31N3O4. The molecule has 3 saturated heterocycles. The van der Waals surface area contributed by atoms with Gasteiger partial charge in [0, 0.05) is 50.9 Å². The van der Waals surface area contributed by atoms with Crippen LogP contribution in [0.5, 0.6) is 0 Å². The maximum absolute atomic E-state index is 13.0. The van der Waals surface area contributed by atoms with E-state index < -0.39 is 5.97 Å². The first kappa shape index (κ1) is 20.3. The van der Waals surface area contributed by atoms with Gasteiger partial charge >= 0.3 is 5.97 Å². The van der Waals surface area contributed by atoms with E-state index in [1.807, 2.05) is 4.90 Å². The van der Waals surface area contributed by atoms with Gasteiger partial charge in [0.25, 0.3) is 5.91 Å². The second-order valence-corrected chi connectivity index (χ2v) is 9.24. The van der Waals surface area contributed by atoms with Crippen molar-refractivity contribution in [2.45, 2.75) is 38.0 Å². The molecule has 2 atom stereocenters. The van der Waals surface area contributed by atoms with Gasteiger partial charge in [0.2, 0.25) is 0 Å². The molecule has 7 heteroatoms. The summed E-state index contributed by atoms with van der Waals surface area (Å²) in [5.41, 5.74) is 0.818. The predicted molar refractivity (Wildman–Crippen MR) is 109 cm³/mol. The predicted octanol–water partition coefficient (Wildman–Crippen LogP) is 1.07. The Morgan fingerprint density at radius 1 is 1.21 bits per heavy atom. The van der Waals surface area contributed by atoms with Crippen LogP contribution >= 0.6 is 0 Å². The SMILES string of the molecule is COC(=O)c1cccc(C(=O)N2CC3(CN(CC(C)C)C[C@H]4C[C@@H](O)CN43)C2)c1. The number of piperazine rings is 1. The quantitative estimate of drug-likeness (QED) is 0.761. The van der Waals surface area contributed by atoms with Crippen LogP contribution in [-0.2, 0) is 4.74 Å². The van der Waals surface area contributed by atoms with Gasteiger partial charge in [-0.1, -0.05) is 19.9 Å². The molecule has 0 aliphatic carbocycles. The summed E-state index contributed by atoms with van der Waals surface area (Å²) in [7, 11) is 1.34. The van der Waals surface area contributed by atoms with Gasteiger partial charge in [-0.05, 0) is 30.5 Å². The number of esters is 1. The molecule has 3 fully saturated rings. The number of β-amino-alcohol motifs (C(OH)–C–C–N with tert-alkyl or cyclic N) is 1. The van der Waals surface area contributed by atoms with Gasteiger partial charge in [0.1, 0.15) is 0 Å². The standard InChI is InChI=1S/C22H31N3O4/c1-15(2)9-23-10-18-8-19(26)11-25(18)22(12-23)13-24(14-22)20(27)16-5-4-6-17(7-16)21(28)29-3/h4-7,15,18-19,26H,8-14H2,1-3H3/t18-,19-/m1/s1. The van der Waals surface area contributed by atoms with Crippen LogP contribution in [0.2, 0.25) is 0 Å². The van der Waals surface area contributed by atoms with Crippen molar-refractivity contribution < 1.29 is 19.4 Å². The maximum Gasteiger partial charge on any atom is 0.337 e. The minimum atomic E-state index is -0.440. The number of hydrogen-bond donors (Lipinski definition) is 1. The molecule has 1 aromatic rings. The molecule has 1 aromatic carbocycles. The summed E-state index contributed by atoms with van der Waals surface area (Å²) in [5.74, 6) is 0.0905. The number of aliphatic hydroxyl groups excluding tert-OH is 1. The lowest BCUT2D eigenvalue weighted by atomic mass is 9.83. The molecule has 0 saturated carbocycles. The molecule has 0 aromatic heterocycles. The van der Waals surface area contributed by atoms with Crippen molar-refractivity contribution in [3.8, 4) is 0 Å². The highest BCUT2D eigenvalue weighted by molar-refractivity contribution is 5.98. The van der Waals surface area contributed by atoms with Crippen LogP contribution in [0.15, 0.2) is 24.3 Å².